The number of nitrogens with zero attached hydrogens (tertiary/aromatic N) is 2. The maximum atomic E-state index is 13.0. The van der Waals surface area contributed by atoms with Gasteiger partial charge in [-0.1, -0.05) is 32.0 Å². The van der Waals surface area contributed by atoms with Gasteiger partial charge in [-0.25, -0.2) is 0 Å². The number of phenols is 1. The van der Waals surface area contributed by atoms with E-state index in [0.717, 1.165) is 37.4 Å². The first-order valence-corrected chi connectivity index (χ1v) is 12.4. The monoisotopic (exact) mass is 497 g/mol. The largest absolute Gasteiger partial charge is 0.508 e. The Morgan fingerprint density at radius 3 is 2.60 bits per heavy atom. The fraction of sp³-hybridized carbons (Fsp3) is 0.385. The molecule has 5 N–H and O–H groups in total. The molecule has 188 valence electrons. The fourth-order valence-corrected chi connectivity index (χ4v) is 3.47. The number of rotatable bonds is 10. The van der Waals surface area contributed by atoms with E-state index in [0.29, 0.717) is 24.5 Å². The molecule has 0 aliphatic heterocycles. The van der Waals surface area contributed by atoms with E-state index in [2.05, 4.69) is 35.3 Å². The van der Waals surface area contributed by atoms with Crippen LogP contribution in [-0.2, 0) is 5.75 Å². The predicted molar refractivity (Wildman–Crippen MR) is 145 cm³/mol. The summed E-state index contributed by atoms with van der Waals surface area (Å²) < 4.78 is 7.18. The Balaban J connectivity index is 0.000000320. The zero-order chi connectivity index (χ0) is 25.3. The summed E-state index contributed by atoms with van der Waals surface area (Å²) in [5.74, 6) is 1.11. The predicted octanol–water partition coefficient (Wildman–Crippen LogP) is 3.84. The molecular weight excluding hydrogens is 462 g/mol. The average Bonchev–Trinajstić information content (AvgIpc) is 3.59. The van der Waals surface area contributed by atoms with E-state index in [1.165, 1.54) is 16.3 Å². The van der Waals surface area contributed by atoms with Crippen molar-refractivity contribution in [2.24, 2.45) is 5.41 Å². The lowest BCUT2D eigenvalue weighted by Crippen LogP contribution is -2.27. The Hall–Kier alpha value is -3.17. The van der Waals surface area contributed by atoms with Gasteiger partial charge in [-0.05, 0) is 49.2 Å². The summed E-state index contributed by atoms with van der Waals surface area (Å²) in [6.07, 6.45) is 3.83. The second-order valence-electron chi connectivity index (χ2n) is 8.91. The summed E-state index contributed by atoms with van der Waals surface area (Å²) in [4.78, 5) is 13.0. The van der Waals surface area contributed by atoms with Crippen LogP contribution in [0.25, 0.3) is 5.69 Å². The minimum atomic E-state index is -0.340. The van der Waals surface area contributed by atoms with Gasteiger partial charge in [-0.15, -0.1) is 0 Å². The van der Waals surface area contributed by atoms with Crippen LogP contribution in [0.2, 0.25) is 0 Å². The highest BCUT2D eigenvalue weighted by Gasteiger charge is 2.38. The van der Waals surface area contributed by atoms with Gasteiger partial charge in [0, 0.05) is 36.0 Å². The maximum Gasteiger partial charge on any atom is 0.315 e. The molecule has 1 aliphatic carbocycles. The van der Waals surface area contributed by atoms with E-state index in [1.807, 2.05) is 31.2 Å². The van der Waals surface area contributed by atoms with Crippen molar-refractivity contribution in [3.63, 3.8) is 0 Å². The molecule has 3 aromatic rings. The van der Waals surface area contributed by atoms with Crippen molar-refractivity contribution < 1.29 is 9.84 Å². The van der Waals surface area contributed by atoms with E-state index in [1.54, 1.807) is 24.4 Å². The molecule has 0 radical (unpaired) electrons. The number of thiol groups is 1. The maximum absolute atomic E-state index is 13.0. The van der Waals surface area contributed by atoms with Gasteiger partial charge in [0.05, 0.1) is 18.5 Å². The highest BCUT2D eigenvalue weighted by Crippen LogP contribution is 2.45. The Morgan fingerprint density at radius 1 is 1.20 bits per heavy atom. The van der Waals surface area contributed by atoms with Gasteiger partial charge in [-0.2, -0.15) is 22.4 Å². The lowest BCUT2D eigenvalue weighted by Gasteiger charge is -2.16. The standard InChI is InChI=1S/C19H26N4O3.C7H9NS/c1-3-20-9-10-21-16-12-22-23(14-5-4-6-15(24)11-14)18(25)17(16)26-13-19(2)7-8-19;8-7-3-1-2-6(4-7)5-9/h4-6,11-12,20-21,24H,3,7-10,13H2,1-2H3;1-4,9H,5,8H2. The number of hydrogen-bond donors (Lipinski definition) is 5. The Kier molecular flexibility index (Phi) is 9.45. The van der Waals surface area contributed by atoms with Crippen LogP contribution in [0.4, 0.5) is 11.4 Å². The zero-order valence-electron chi connectivity index (χ0n) is 20.3. The van der Waals surface area contributed by atoms with Gasteiger partial charge in [0.2, 0.25) is 5.75 Å². The van der Waals surface area contributed by atoms with E-state index < -0.39 is 0 Å². The third-order valence-electron chi connectivity index (χ3n) is 5.68. The van der Waals surface area contributed by atoms with Crippen LogP contribution in [0.1, 0.15) is 32.3 Å². The number of nitrogens with one attached hydrogen (secondary N) is 2. The Bertz CT molecular complexity index is 1160. The third-order valence-corrected chi connectivity index (χ3v) is 6.04. The van der Waals surface area contributed by atoms with Crippen molar-refractivity contribution in [3.05, 3.63) is 70.6 Å². The molecule has 1 aromatic heterocycles. The molecule has 8 nitrogen and oxygen atoms in total. The van der Waals surface area contributed by atoms with Crippen molar-refractivity contribution in [1.82, 2.24) is 15.1 Å². The van der Waals surface area contributed by atoms with Gasteiger partial charge in [0.15, 0.2) is 0 Å². The number of hydrogen-bond acceptors (Lipinski definition) is 8. The molecule has 0 saturated heterocycles. The second-order valence-corrected chi connectivity index (χ2v) is 9.22. The first kappa shape index (κ1) is 26.4. The minimum absolute atomic E-state index is 0.0806. The number of anilines is 2. The van der Waals surface area contributed by atoms with E-state index in [-0.39, 0.29) is 22.5 Å². The van der Waals surface area contributed by atoms with Crippen LogP contribution in [0.15, 0.2) is 59.5 Å². The molecule has 35 heavy (non-hydrogen) atoms. The molecule has 0 unspecified atom stereocenters. The highest BCUT2D eigenvalue weighted by molar-refractivity contribution is 7.79. The van der Waals surface area contributed by atoms with Gasteiger partial charge in [0.1, 0.15) is 11.4 Å². The van der Waals surface area contributed by atoms with Crippen LogP contribution >= 0.6 is 12.6 Å². The highest BCUT2D eigenvalue weighted by atomic mass is 32.1. The summed E-state index contributed by atoms with van der Waals surface area (Å²) in [5.41, 5.74) is 8.38. The van der Waals surface area contributed by atoms with Crippen LogP contribution in [0.5, 0.6) is 11.5 Å². The molecule has 1 fully saturated rings. The Morgan fingerprint density at radius 2 is 1.97 bits per heavy atom. The SMILES string of the molecule is CCNCCNc1cnn(-c2cccc(O)c2)c(=O)c1OCC1(C)CC1.Nc1cccc(CS)c1. The molecule has 1 aliphatic rings. The molecule has 1 heterocycles. The van der Waals surface area contributed by atoms with Crippen LogP contribution in [-0.4, -0.2) is 41.1 Å². The molecular formula is C26H35N5O3S. The van der Waals surface area contributed by atoms with E-state index in [4.69, 9.17) is 10.5 Å². The van der Waals surface area contributed by atoms with Crippen molar-refractivity contribution >= 4 is 24.0 Å². The summed E-state index contributed by atoms with van der Waals surface area (Å²) in [7, 11) is 0. The van der Waals surface area contributed by atoms with Crippen molar-refractivity contribution in [1.29, 1.82) is 0 Å². The van der Waals surface area contributed by atoms with Gasteiger partial charge in [-0.3, -0.25) is 4.79 Å². The van der Waals surface area contributed by atoms with Crippen LogP contribution < -0.4 is 26.7 Å². The van der Waals surface area contributed by atoms with Crippen LogP contribution in [0, 0.1) is 5.41 Å². The number of nitrogens with two attached hydrogens (primary N) is 1. The molecule has 4 rings (SSSR count). The zero-order valence-corrected chi connectivity index (χ0v) is 21.2. The summed E-state index contributed by atoms with van der Waals surface area (Å²) in [6.45, 7) is 7.04. The molecule has 0 amide bonds. The first-order valence-electron chi connectivity index (χ1n) is 11.8. The lowest BCUT2D eigenvalue weighted by molar-refractivity contribution is 0.244. The third kappa shape index (κ3) is 7.93. The number of ether oxygens (including phenoxy) is 1. The molecule has 0 atom stereocenters. The molecule has 9 heteroatoms. The fourth-order valence-electron chi connectivity index (χ4n) is 3.27. The molecule has 0 bridgehead atoms. The Labute approximate surface area is 211 Å². The molecule has 2 aromatic carbocycles. The number of nitrogen functional groups attached to an aromatic ring is 1. The van der Waals surface area contributed by atoms with Crippen molar-refractivity contribution in [2.45, 2.75) is 32.4 Å². The van der Waals surface area contributed by atoms with Crippen molar-refractivity contribution in [2.75, 3.05) is 37.3 Å². The summed E-state index contributed by atoms with van der Waals surface area (Å²) >= 11 is 4.10. The van der Waals surface area contributed by atoms with Crippen molar-refractivity contribution in [3.8, 4) is 17.2 Å². The summed E-state index contributed by atoms with van der Waals surface area (Å²) in [5, 5.41) is 20.4. The quantitative estimate of drug-likeness (QED) is 0.164. The average molecular weight is 498 g/mol. The van der Waals surface area contributed by atoms with Gasteiger partial charge in [0.25, 0.3) is 0 Å². The van der Waals surface area contributed by atoms with Crippen LogP contribution in [0.3, 0.4) is 0 Å². The number of phenolic OH excluding ortho intramolecular Hbond substituents is 1. The number of aromatic nitrogens is 2. The topological polar surface area (TPSA) is 114 Å². The number of benzene rings is 2. The molecule has 1 saturated carbocycles. The molecule has 0 spiro atoms. The van der Waals surface area contributed by atoms with E-state index >= 15 is 0 Å². The summed E-state index contributed by atoms with van der Waals surface area (Å²) in [6, 6.07) is 14.2. The first-order chi connectivity index (χ1) is 16.8. The normalized spacial score (nSPS) is 13.5. The van der Waals surface area contributed by atoms with Gasteiger partial charge < -0.3 is 26.2 Å². The second kappa shape index (κ2) is 12.5. The number of aromatic hydroxyl groups is 1. The number of likely N-dealkylation sites (N-methyl/N-ethyl adjacent to an activating group) is 1. The smallest absolute Gasteiger partial charge is 0.315 e. The van der Waals surface area contributed by atoms with Gasteiger partial charge >= 0.3 is 5.56 Å². The minimum Gasteiger partial charge on any atom is -0.508 e. The van der Waals surface area contributed by atoms with E-state index in [9.17, 15) is 9.90 Å². The lowest BCUT2D eigenvalue weighted by atomic mass is 10.2.